The number of hydrogen-bond acceptors (Lipinski definition) is 8. The van der Waals surface area contributed by atoms with Crippen molar-refractivity contribution in [3.8, 4) is 0 Å². The summed E-state index contributed by atoms with van der Waals surface area (Å²) in [6.07, 6.45) is 5.94. The maximum atomic E-state index is 17.7. The molecule has 0 bridgehead atoms. The van der Waals surface area contributed by atoms with Gasteiger partial charge >= 0.3 is 0 Å². The summed E-state index contributed by atoms with van der Waals surface area (Å²) in [5, 5.41) is 25.9. The lowest BCUT2D eigenvalue weighted by atomic mass is 9.44. The number of nitrogens with zero attached hydrogens (tertiary/aromatic N) is 1. The number of oxime groups is 1. The van der Waals surface area contributed by atoms with Crippen molar-refractivity contribution in [2.45, 2.75) is 89.1 Å². The third-order valence-electron chi connectivity index (χ3n) is 10.4. The van der Waals surface area contributed by atoms with Crippen LogP contribution in [-0.2, 0) is 25.5 Å². The fourth-order valence-electron chi connectivity index (χ4n) is 8.75. The van der Waals surface area contributed by atoms with Gasteiger partial charge in [0.1, 0.15) is 18.9 Å². The van der Waals surface area contributed by atoms with E-state index in [9.17, 15) is 15.0 Å². The van der Waals surface area contributed by atoms with E-state index in [-0.39, 0.29) is 12.3 Å². The highest BCUT2D eigenvalue weighted by molar-refractivity contribution is 9.11. The van der Waals surface area contributed by atoms with E-state index in [4.69, 9.17) is 14.3 Å². The van der Waals surface area contributed by atoms with Crippen LogP contribution in [0.1, 0.15) is 58.3 Å². The Kier molecular flexibility index (Phi) is 6.84. The van der Waals surface area contributed by atoms with Gasteiger partial charge in [-0.25, -0.2) is 4.39 Å². The van der Waals surface area contributed by atoms with Crippen LogP contribution in [0.25, 0.3) is 0 Å². The first-order valence-electron chi connectivity index (χ1n) is 14.0. The molecule has 0 amide bonds. The second-order valence-corrected chi connectivity index (χ2v) is 15.4. The third kappa shape index (κ3) is 3.85. The maximum absolute atomic E-state index is 17.7. The van der Waals surface area contributed by atoms with E-state index in [1.807, 2.05) is 32.1 Å². The summed E-state index contributed by atoms with van der Waals surface area (Å²) in [7, 11) is 0. The van der Waals surface area contributed by atoms with Gasteiger partial charge in [-0.15, -0.1) is 11.3 Å². The van der Waals surface area contributed by atoms with Gasteiger partial charge in [0.2, 0.25) is 0 Å². The minimum absolute atomic E-state index is 0.0337. The molecule has 10 heteroatoms. The maximum Gasteiger partial charge on any atom is 0.193 e. The molecule has 218 valence electrons. The fourth-order valence-corrected chi connectivity index (χ4v) is 10.2. The molecule has 4 aliphatic carbocycles. The average Bonchev–Trinajstić information content (AvgIpc) is 3.51. The van der Waals surface area contributed by atoms with Crippen LogP contribution in [0.3, 0.4) is 0 Å². The number of ether oxygens (including phenoxy) is 2. The van der Waals surface area contributed by atoms with Crippen molar-refractivity contribution in [2.24, 2.45) is 27.8 Å². The molecule has 6 rings (SSSR count). The highest BCUT2D eigenvalue weighted by atomic mass is 79.9. The number of ketones is 1. The number of alkyl halides is 1. The van der Waals surface area contributed by atoms with E-state index in [0.717, 1.165) is 15.8 Å². The number of thiophene rings is 1. The summed E-state index contributed by atoms with van der Waals surface area (Å²) in [4.78, 5) is 20.1. The molecule has 1 aromatic heterocycles. The number of halogens is 2. The molecule has 2 heterocycles. The smallest absolute Gasteiger partial charge is 0.193 e. The lowest BCUT2D eigenvalue weighted by molar-refractivity contribution is -0.246. The minimum atomic E-state index is -1.95. The Labute approximate surface area is 246 Å². The van der Waals surface area contributed by atoms with Crippen molar-refractivity contribution in [1.29, 1.82) is 0 Å². The Morgan fingerprint density at radius 2 is 2.05 bits per heavy atom. The van der Waals surface area contributed by atoms with Crippen LogP contribution in [0.5, 0.6) is 0 Å². The summed E-state index contributed by atoms with van der Waals surface area (Å²) >= 11 is 5.13. The van der Waals surface area contributed by atoms with Crippen molar-refractivity contribution in [2.75, 3.05) is 13.2 Å². The molecule has 1 aliphatic heterocycles. The van der Waals surface area contributed by atoms with Crippen molar-refractivity contribution >= 4 is 38.8 Å². The lowest BCUT2D eigenvalue weighted by Gasteiger charge is -2.62. The van der Waals surface area contributed by atoms with Gasteiger partial charge in [0.25, 0.3) is 0 Å². The first kappa shape index (κ1) is 28.7. The van der Waals surface area contributed by atoms with E-state index in [2.05, 4.69) is 27.2 Å². The number of aliphatic hydroxyl groups is 2. The van der Waals surface area contributed by atoms with E-state index in [0.29, 0.717) is 31.6 Å². The standard InChI is InChI=1S/C30H37BrFNO6S/c1-26(2)38-24-14-21-20-7-5-17-13-18(33-37-12-10-19-6-8-25(31)40-19)9-11-27(17,3)29(20,32)22(35)15-28(21,4)30(24,39-26)23(36)16-34/h6,8-9,11,13,20-22,24,34-35H,5,7,10,12,14-16H2,1-4H3/b33-18+/t20-,21-,22-,24+,27-,28-,29-,30+/m0/s1. The van der Waals surface area contributed by atoms with Crippen molar-refractivity contribution in [3.63, 3.8) is 0 Å². The molecule has 0 unspecified atom stereocenters. The van der Waals surface area contributed by atoms with E-state index in [1.54, 1.807) is 31.3 Å². The van der Waals surface area contributed by atoms with Crippen LogP contribution >= 0.6 is 27.3 Å². The molecule has 1 aromatic rings. The van der Waals surface area contributed by atoms with Gasteiger partial charge in [-0.05, 0) is 92.6 Å². The fraction of sp³-hybridized carbons (Fsp3) is 0.667. The Hall–Kier alpha value is -1.43. The first-order valence-corrected chi connectivity index (χ1v) is 15.7. The van der Waals surface area contributed by atoms with Crippen LogP contribution in [0.15, 0.2) is 44.9 Å². The number of rotatable bonds is 6. The molecular formula is C30H37BrFNO6S. The topological polar surface area (TPSA) is 97.6 Å². The SMILES string of the molecule is CC1(C)O[C@@H]2C[C@H]3[C@@H]4CCC5=C/C(=N/OCCc6ccc(Br)s6)C=C[C@]5(C)[C@@]4(F)[C@@H](O)C[C@]3(C)[C@]2(C(=O)CO)O1. The lowest BCUT2D eigenvalue weighted by Crippen LogP contribution is -2.70. The van der Waals surface area contributed by atoms with E-state index in [1.165, 1.54) is 4.88 Å². The number of fused-ring (bicyclic) bond motifs is 7. The number of carbonyl (C=O) groups excluding carboxylic acids is 1. The average molecular weight is 639 g/mol. The predicted octanol–water partition coefficient (Wildman–Crippen LogP) is 5.29. The highest BCUT2D eigenvalue weighted by Gasteiger charge is 2.79. The normalized spacial score (nSPS) is 44.0. The van der Waals surface area contributed by atoms with Gasteiger partial charge in [0.15, 0.2) is 22.8 Å². The quantitative estimate of drug-likeness (QED) is 0.325. The molecule has 5 aliphatic rings. The van der Waals surface area contributed by atoms with Crippen LogP contribution in [0.4, 0.5) is 4.39 Å². The zero-order valence-electron chi connectivity index (χ0n) is 23.3. The molecule has 8 atom stereocenters. The summed E-state index contributed by atoms with van der Waals surface area (Å²) in [5.74, 6) is -2.26. The van der Waals surface area contributed by atoms with Gasteiger partial charge in [0.05, 0.1) is 16.0 Å². The second kappa shape index (κ2) is 9.54. The molecule has 1 saturated heterocycles. The molecular weight excluding hydrogens is 601 g/mol. The second-order valence-electron chi connectivity index (χ2n) is 12.8. The third-order valence-corrected chi connectivity index (χ3v) is 12.1. The Balaban J connectivity index is 1.27. The highest BCUT2D eigenvalue weighted by Crippen LogP contribution is 2.72. The monoisotopic (exact) mass is 637 g/mol. The largest absolute Gasteiger partial charge is 0.395 e. The Morgan fingerprint density at radius 3 is 2.75 bits per heavy atom. The number of Topliss-reactive ketones (excluding diaryl/α,β-unsaturated/α-hetero) is 1. The number of allylic oxidation sites excluding steroid dienone is 4. The first-order chi connectivity index (χ1) is 18.8. The van der Waals surface area contributed by atoms with Crippen LogP contribution in [0.2, 0.25) is 0 Å². The summed E-state index contributed by atoms with van der Waals surface area (Å²) in [6, 6.07) is 4.06. The van der Waals surface area contributed by atoms with Gasteiger partial charge < -0.3 is 24.5 Å². The summed E-state index contributed by atoms with van der Waals surface area (Å²) < 4.78 is 31.3. The molecule has 4 fully saturated rings. The zero-order valence-corrected chi connectivity index (χ0v) is 25.7. The van der Waals surface area contributed by atoms with E-state index < -0.39 is 58.4 Å². The molecule has 0 radical (unpaired) electrons. The number of carbonyl (C=O) groups is 1. The van der Waals surface area contributed by atoms with Gasteiger partial charge in [-0.3, -0.25) is 4.79 Å². The van der Waals surface area contributed by atoms with Crippen molar-refractivity contribution in [1.82, 2.24) is 0 Å². The number of hydrogen-bond donors (Lipinski definition) is 2. The molecule has 0 aromatic carbocycles. The molecule has 2 N–H and O–H groups in total. The predicted molar refractivity (Wildman–Crippen MR) is 153 cm³/mol. The van der Waals surface area contributed by atoms with Gasteiger partial charge in [-0.2, -0.15) is 0 Å². The molecule has 3 saturated carbocycles. The summed E-state index contributed by atoms with van der Waals surface area (Å²) in [5.41, 5.74) is -3.79. The van der Waals surface area contributed by atoms with E-state index >= 15 is 4.39 Å². The van der Waals surface area contributed by atoms with Crippen LogP contribution in [0, 0.1) is 22.7 Å². The Morgan fingerprint density at radius 1 is 1.27 bits per heavy atom. The molecule has 7 nitrogen and oxygen atoms in total. The van der Waals surface area contributed by atoms with Crippen molar-refractivity contribution in [3.05, 3.63) is 44.6 Å². The summed E-state index contributed by atoms with van der Waals surface area (Å²) in [6.45, 7) is 7.03. The minimum Gasteiger partial charge on any atom is -0.395 e. The zero-order chi connectivity index (χ0) is 28.7. The van der Waals surface area contributed by atoms with Gasteiger partial charge in [-0.1, -0.05) is 23.7 Å². The molecule has 40 heavy (non-hydrogen) atoms. The Bertz CT molecular complexity index is 1310. The van der Waals surface area contributed by atoms with Gasteiger partial charge in [0, 0.05) is 28.0 Å². The molecule has 0 spiro atoms. The van der Waals surface area contributed by atoms with Crippen LogP contribution in [-0.4, -0.2) is 64.2 Å². The number of aliphatic hydroxyl groups excluding tert-OH is 2. The van der Waals surface area contributed by atoms with Crippen LogP contribution < -0.4 is 0 Å². The van der Waals surface area contributed by atoms with Crippen molar-refractivity contribution < 1.29 is 33.7 Å².